The normalized spacial score (nSPS) is 20.4. The van der Waals surface area contributed by atoms with Gasteiger partial charge in [-0.25, -0.2) is 0 Å². The third-order valence-electron chi connectivity index (χ3n) is 24.2. The molecule has 7 aliphatic carbocycles. The van der Waals surface area contributed by atoms with E-state index in [9.17, 15) is 2.74 Å². The fourth-order valence-corrected chi connectivity index (χ4v) is 19.2. The second-order valence-electron chi connectivity index (χ2n) is 30.0. The summed E-state index contributed by atoms with van der Waals surface area (Å²) in [5, 5.41) is 0. The first-order valence-electron chi connectivity index (χ1n) is 38.5. The monoisotopic (exact) mass is 1190 g/mol. The summed E-state index contributed by atoms with van der Waals surface area (Å²) in [5.41, 5.74) is 26.2. The highest BCUT2D eigenvalue weighted by molar-refractivity contribution is 6.02. The molecule has 7 fully saturated rings. The van der Waals surface area contributed by atoms with Crippen molar-refractivity contribution in [1.29, 1.82) is 0 Å². The van der Waals surface area contributed by atoms with Crippen LogP contribution in [0.1, 0.15) is 308 Å². The predicted octanol–water partition coefficient (Wildman–Crippen LogP) is 27.7. The Balaban J connectivity index is 1.05. The van der Waals surface area contributed by atoms with Gasteiger partial charge in [-0.2, -0.15) is 0 Å². The van der Waals surface area contributed by atoms with Crippen molar-refractivity contribution < 1.29 is 2.74 Å². The molecule has 8 aromatic carbocycles. The molecule has 8 aromatic rings. The minimum Gasteiger partial charge on any atom is -0.0619 e. The van der Waals surface area contributed by atoms with E-state index in [4.69, 9.17) is 0 Å². The lowest BCUT2D eigenvalue weighted by Crippen LogP contribution is -2.09. The Labute approximate surface area is 546 Å². The summed E-state index contributed by atoms with van der Waals surface area (Å²) in [7, 11) is 0. The summed E-state index contributed by atoms with van der Waals surface area (Å²) in [6.07, 6.45) is 44.7. The van der Waals surface area contributed by atoms with Crippen LogP contribution in [-0.2, 0) is 0 Å². The summed E-state index contributed by atoms with van der Waals surface area (Å²) in [6.45, 7) is 0. The van der Waals surface area contributed by atoms with Crippen LogP contribution in [0.2, 0.25) is 0 Å². The lowest BCUT2D eigenvalue weighted by Gasteiger charge is -2.29. The fourth-order valence-electron chi connectivity index (χ4n) is 19.2. The zero-order valence-electron chi connectivity index (χ0n) is 56.7. The van der Waals surface area contributed by atoms with Gasteiger partial charge in [-0.1, -0.05) is 286 Å². The Kier molecular flexibility index (Phi) is 18.1. The van der Waals surface area contributed by atoms with E-state index < -0.39 is 0 Å². The predicted molar refractivity (Wildman–Crippen MR) is 385 cm³/mol. The van der Waals surface area contributed by atoms with Gasteiger partial charge in [0.15, 0.2) is 0 Å². The van der Waals surface area contributed by atoms with Crippen LogP contribution in [-0.4, -0.2) is 0 Å². The Morgan fingerprint density at radius 3 is 0.700 bits per heavy atom. The van der Waals surface area contributed by atoms with E-state index >= 15 is 0 Å². The molecular formula is C90H104. The highest BCUT2D eigenvalue weighted by Gasteiger charge is 2.30. The zero-order valence-corrected chi connectivity index (χ0v) is 54.7. The van der Waals surface area contributed by atoms with Gasteiger partial charge in [0.2, 0.25) is 0 Å². The largest absolute Gasteiger partial charge is 0.0636 e. The molecule has 0 bridgehead atoms. The third kappa shape index (κ3) is 13.1. The molecule has 0 atom stereocenters. The smallest absolute Gasteiger partial charge is 0.0619 e. The van der Waals surface area contributed by atoms with Crippen molar-refractivity contribution in [3.63, 3.8) is 0 Å². The molecule has 0 heterocycles. The molecular weight excluding hydrogens is 1080 g/mol. The maximum absolute atomic E-state index is 11.9. The van der Waals surface area contributed by atoms with E-state index in [1.807, 2.05) is 0 Å². The van der Waals surface area contributed by atoms with Crippen molar-refractivity contribution in [2.24, 2.45) is 0 Å². The Morgan fingerprint density at radius 2 is 0.400 bits per heavy atom. The molecule has 0 aromatic heterocycles. The molecule has 0 amide bonds. The Bertz CT molecular complexity index is 3720. The van der Waals surface area contributed by atoms with E-state index in [2.05, 4.69) is 152 Å². The molecule has 0 spiro atoms. The quantitative estimate of drug-likeness (QED) is 0.102. The van der Waals surface area contributed by atoms with Crippen molar-refractivity contribution >= 4 is 0 Å². The van der Waals surface area contributed by atoms with Crippen LogP contribution in [0, 0.1) is 0 Å². The summed E-state index contributed by atoms with van der Waals surface area (Å²) >= 11 is 0. The van der Waals surface area contributed by atoms with E-state index in [0.29, 0.717) is 53.5 Å². The van der Waals surface area contributed by atoms with Crippen LogP contribution >= 0.6 is 0 Å². The van der Waals surface area contributed by atoms with Crippen LogP contribution in [0.5, 0.6) is 0 Å². The van der Waals surface area contributed by atoms with Gasteiger partial charge in [0.25, 0.3) is 0 Å². The fraction of sp³-hybridized carbons (Fsp3) is 0.467. The topological polar surface area (TPSA) is 0 Å². The van der Waals surface area contributed by atoms with E-state index in [1.54, 1.807) is 0 Å². The van der Waals surface area contributed by atoms with Crippen LogP contribution in [0.3, 0.4) is 0 Å². The van der Waals surface area contributed by atoms with Crippen molar-refractivity contribution in [2.45, 2.75) is 266 Å². The molecule has 0 aliphatic heterocycles. The van der Waals surface area contributed by atoms with Gasteiger partial charge in [-0.15, -0.1) is 0 Å². The maximum Gasteiger partial charge on any atom is 0.0636 e. The first-order valence-corrected chi connectivity index (χ1v) is 37.5. The van der Waals surface area contributed by atoms with E-state index in [1.165, 1.54) is 291 Å². The van der Waals surface area contributed by atoms with Gasteiger partial charge in [0.1, 0.15) is 0 Å². The Hall–Kier alpha value is -6.24. The summed E-state index contributed by atoms with van der Waals surface area (Å²) < 4.78 is 23.8. The summed E-state index contributed by atoms with van der Waals surface area (Å²) in [5.74, 6) is 3.70. The van der Waals surface area contributed by atoms with Gasteiger partial charge < -0.3 is 0 Å². The van der Waals surface area contributed by atoms with Gasteiger partial charge >= 0.3 is 0 Å². The number of rotatable bonds is 14. The number of hydrogen-bond donors (Lipinski definition) is 0. The molecule has 7 aliphatic rings. The zero-order chi connectivity index (χ0) is 61.7. The molecule has 15 rings (SSSR count). The molecule has 464 valence electrons. The SMILES string of the molecule is [2H]c1c(-c2cc(C3CCCCC3)cc(C3CCCCC3)c2)c(-c2ccccc2-c2ccccc2-c2ccccc2C2CCCCC2)c([2H])c(-c2cc(C3CCCCC3)cc(C3CCCCC3)c2)c1-c1ccccc1-c1cc(C2CCCCC2)cc(C2CCCCC2)c1. The van der Waals surface area contributed by atoms with Crippen molar-refractivity contribution in [3.8, 4) is 77.9 Å². The average molecular weight is 1190 g/mol. The minimum absolute atomic E-state index is 0.498. The molecule has 0 nitrogen and oxygen atoms in total. The molecule has 7 saturated carbocycles. The molecule has 0 saturated heterocycles. The second kappa shape index (κ2) is 28.3. The van der Waals surface area contributed by atoms with Crippen molar-refractivity contribution in [1.82, 2.24) is 0 Å². The van der Waals surface area contributed by atoms with Crippen LogP contribution in [0.15, 0.2) is 164 Å². The van der Waals surface area contributed by atoms with Gasteiger partial charge in [-0.3, -0.25) is 0 Å². The van der Waals surface area contributed by atoms with Crippen molar-refractivity contribution in [3.05, 3.63) is 203 Å². The molecule has 90 heavy (non-hydrogen) atoms. The lowest BCUT2D eigenvalue weighted by atomic mass is 9.75. The molecule has 0 N–H and O–H groups in total. The summed E-state index contributed by atoms with van der Waals surface area (Å²) in [6, 6.07) is 61.8. The first-order chi connectivity index (χ1) is 45.5. The standard InChI is InChI=1S/C90H104/c1-8-30-63(31-9-1)70-52-71(64-32-10-2-11-33-64)56-76(55-70)80-45-23-25-47-82(80)89-61-88(78-59-74(67-38-16-5-17-39-67)54-75(60-78)68-40-18-6-19-41-68)90(62-87(89)77-57-72(65-34-12-3-13-35-65)53-73(58-77)66-36-14-4-15-37-66)86-51-29-28-50-85(86)84-49-27-26-48-83(84)81-46-24-22-44-79(81)69-42-20-7-21-43-69/h22-29,44-69H,1-21,30-43H2/i61D,62D. The number of benzene rings is 8. The maximum atomic E-state index is 11.9. The van der Waals surface area contributed by atoms with Crippen LogP contribution < -0.4 is 0 Å². The van der Waals surface area contributed by atoms with E-state index in [-0.39, 0.29) is 0 Å². The molecule has 0 unspecified atom stereocenters. The van der Waals surface area contributed by atoms with Gasteiger partial charge in [0.05, 0.1) is 2.74 Å². The lowest BCUT2D eigenvalue weighted by molar-refractivity contribution is 0.435. The van der Waals surface area contributed by atoms with Crippen molar-refractivity contribution in [2.75, 3.05) is 0 Å². The highest BCUT2D eigenvalue weighted by Crippen LogP contribution is 2.53. The third-order valence-corrected chi connectivity index (χ3v) is 24.2. The second-order valence-corrected chi connectivity index (χ2v) is 30.0. The highest BCUT2D eigenvalue weighted by atomic mass is 14.3. The first kappa shape index (κ1) is 57.6. The summed E-state index contributed by atoms with van der Waals surface area (Å²) in [4.78, 5) is 0. The van der Waals surface area contributed by atoms with Crippen LogP contribution in [0.4, 0.5) is 0 Å². The number of hydrogen-bond acceptors (Lipinski definition) is 0. The Morgan fingerprint density at radius 1 is 0.189 bits per heavy atom. The van der Waals surface area contributed by atoms with Crippen LogP contribution in [0.25, 0.3) is 77.9 Å². The molecule has 0 heteroatoms. The average Bonchev–Trinajstić information content (AvgIpc) is 0.762. The minimum atomic E-state index is 0.498. The van der Waals surface area contributed by atoms with E-state index in [0.717, 1.165) is 50.1 Å². The molecule has 0 radical (unpaired) electrons. The van der Waals surface area contributed by atoms with Gasteiger partial charge in [-0.05, 0) is 260 Å². The van der Waals surface area contributed by atoms with Gasteiger partial charge in [0, 0.05) is 0 Å².